The number of anilines is 1. The first-order chi connectivity index (χ1) is 13.1. The summed E-state index contributed by atoms with van der Waals surface area (Å²) >= 11 is 0. The Morgan fingerprint density at radius 1 is 1.04 bits per heavy atom. The van der Waals surface area contributed by atoms with Crippen molar-refractivity contribution >= 4 is 11.7 Å². The highest BCUT2D eigenvalue weighted by Crippen LogP contribution is 2.29. The van der Waals surface area contributed by atoms with Crippen LogP contribution in [-0.2, 0) is 6.54 Å². The highest BCUT2D eigenvalue weighted by atomic mass is 16.5. The molecule has 144 valence electrons. The predicted octanol–water partition coefficient (Wildman–Crippen LogP) is 3.36. The average Bonchev–Trinajstić information content (AvgIpc) is 2.70. The van der Waals surface area contributed by atoms with Crippen molar-refractivity contribution in [1.29, 1.82) is 0 Å². The summed E-state index contributed by atoms with van der Waals surface area (Å²) in [5.74, 6) is 1.29. The Morgan fingerprint density at radius 3 is 2.44 bits per heavy atom. The normalized spacial score (nSPS) is 14.7. The van der Waals surface area contributed by atoms with Crippen molar-refractivity contribution in [1.82, 2.24) is 9.80 Å². The molecule has 1 saturated heterocycles. The number of nitrogens with one attached hydrogen (secondary N) is 1. The number of urea groups is 1. The van der Waals surface area contributed by atoms with Gasteiger partial charge < -0.3 is 19.7 Å². The summed E-state index contributed by atoms with van der Waals surface area (Å²) in [6.07, 6.45) is 0. The molecule has 2 amide bonds. The van der Waals surface area contributed by atoms with Gasteiger partial charge in [-0.25, -0.2) is 4.79 Å². The fourth-order valence-corrected chi connectivity index (χ4v) is 3.24. The Hall–Kier alpha value is -2.73. The fraction of sp³-hybridized carbons (Fsp3) is 0.381. The summed E-state index contributed by atoms with van der Waals surface area (Å²) < 4.78 is 10.6. The first-order valence-electron chi connectivity index (χ1n) is 9.15. The van der Waals surface area contributed by atoms with Gasteiger partial charge in [0, 0.05) is 38.8 Å². The van der Waals surface area contributed by atoms with E-state index in [4.69, 9.17) is 9.47 Å². The number of aryl methyl sites for hydroxylation is 1. The SMILES string of the molecule is COc1ccc(OC)c(NC(=O)N2CCN(Cc3ccccc3C)CC2)c1. The summed E-state index contributed by atoms with van der Waals surface area (Å²) in [5, 5.41) is 2.94. The van der Waals surface area contributed by atoms with Crippen LogP contribution in [0.3, 0.4) is 0 Å². The van der Waals surface area contributed by atoms with Gasteiger partial charge in [-0.1, -0.05) is 24.3 Å². The predicted molar refractivity (Wildman–Crippen MR) is 107 cm³/mol. The van der Waals surface area contributed by atoms with E-state index in [1.165, 1.54) is 11.1 Å². The first-order valence-corrected chi connectivity index (χ1v) is 9.15. The first kappa shape index (κ1) is 19.0. The van der Waals surface area contributed by atoms with E-state index < -0.39 is 0 Å². The van der Waals surface area contributed by atoms with E-state index >= 15 is 0 Å². The minimum Gasteiger partial charge on any atom is -0.497 e. The second kappa shape index (κ2) is 8.77. The van der Waals surface area contributed by atoms with Crippen LogP contribution in [0.25, 0.3) is 0 Å². The van der Waals surface area contributed by atoms with E-state index in [1.807, 2.05) is 4.90 Å². The van der Waals surface area contributed by atoms with Gasteiger partial charge in [-0.2, -0.15) is 0 Å². The molecule has 27 heavy (non-hydrogen) atoms. The molecular formula is C21H27N3O3. The standard InChI is InChI=1S/C21H27N3O3/c1-16-6-4-5-7-17(16)15-23-10-12-24(13-11-23)21(25)22-19-14-18(26-2)8-9-20(19)27-3/h4-9,14H,10-13,15H2,1-3H3,(H,22,25). The van der Waals surface area contributed by atoms with E-state index in [2.05, 4.69) is 41.4 Å². The molecule has 2 aromatic rings. The molecule has 0 unspecified atom stereocenters. The number of rotatable bonds is 5. The highest BCUT2D eigenvalue weighted by Gasteiger charge is 2.22. The molecule has 1 fully saturated rings. The third-order valence-electron chi connectivity index (χ3n) is 4.96. The number of benzene rings is 2. The number of hydrogen-bond donors (Lipinski definition) is 1. The zero-order valence-corrected chi connectivity index (χ0v) is 16.2. The summed E-state index contributed by atoms with van der Waals surface area (Å²) in [6.45, 7) is 6.17. The molecule has 1 heterocycles. The molecule has 0 radical (unpaired) electrons. The molecule has 1 aliphatic rings. The van der Waals surface area contributed by atoms with Gasteiger partial charge in [0.25, 0.3) is 0 Å². The van der Waals surface area contributed by atoms with Gasteiger partial charge in [-0.05, 0) is 30.2 Å². The summed E-state index contributed by atoms with van der Waals surface area (Å²) in [4.78, 5) is 16.9. The van der Waals surface area contributed by atoms with Gasteiger partial charge in [-0.3, -0.25) is 4.90 Å². The van der Waals surface area contributed by atoms with Crippen LogP contribution in [0.2, 0.25) is 0 Å². The highest BCUT2D eigenvalue weighted by molar-refractivity contribution is 5.91. The van der Waals surface area contributed by atoms with Crippen LogP contribution in [0.5, 0.6) is 11.5 Å². The number of methoxy groups -OCH3 is 2. The molecule has 1 N–H and O–H groups in total. The second-order valence-electron chi connectivity index (χ2n) is 6.69. The Bertz CT molecular complexity index is 786. The molecule has 6 nitrogen and oxygen atoms in total. The molecule has 1 aliphatic heterocycles. The Labute approximate surface area is 160 Å². The van der Waals surface area contributed by atoms with E-state index in [-0.39, 0.29) is 6.03 Å². The van der Waals surface area contributed by atoms with Crippen LogP contribution in [0.15, 0.2) is 42.5 Å². The van der Waals surface area contributed by atoms with Crippen LogP contribution < -0.4 is 14.8 Å². The van der Waals surface area contributed by atoms with Crippen molar-refractivity contribution in [3.8, 4) is 11.5 Å². The van der Waals surface area contributed by atoms with E-state index in [0.717, 1.165) is 19.6 Å². The minimum atomic E-state index is -0.114. The molecular weight excluding hydrogens is 342 g/mol. The van der Waals surface area contributed by atoms with Crippen molar-refractivity contribution in [3.05, 3.63) is 53.6 Å². The summed E-state index contributed by atoms with van der Waals surface area (Å²) in [6, 6.07) is 13.7. The Kier molecular flexibility index (Phi) is 6.19. The third-order valence-corrected chi connectivity index (χ3v) is 4.96. The van der Waals surface area contributed by atoms with Crippen LogP contribution in [-0.4, -0.2) is 56.2 Å². The van der Waals surface area contributed by atoms with E-state index in [0.29, 0.717) is 30.3 Å². The average molecular weight is 369 g/mol. The van der Waals surface area contributed by atoms with Crippen LogP contribution in [0.1, 0.15) is 11.1 Å². The maximum absolute atomic E-state index is 12.7. The molecule has 0 saturated carbocycles. The zero-order chi connectivity index (χ0) is 19.2. The summed E-state index contributed by atoms with van der Waals surface area (Å²) in [7, 11) is 3.18. The Balaban J connectivity index is 1.57. The van der Waals surface area contributed by atoms with Gasteiger partial charge in [0.05, 0.1) is 19.9 Å². The van der Waals surface area contributed by atoms with Crippen molar-refractivity contribution < 1.29 is 14.3 Å². The quantitative estimate of drug-likeness (QED) is 0.878. The lowest BCUT2D eigenvalue weighted by Crippen LogP contribution is -2.49. The van der Waals surface area contributed by atoms with Crippen molar-refractivity contribution in [2.45, 2.75) is 13.5 Å². The van der Waals surface area contributed by atoms with Gasteiger partial charge >= 0.3 is 6.03 Å². The van der Waals surface area contributed by atoms with Gasteiger partial charge in [-0.15, -0.1) is 0 Å². The molecule has 0 spiro atoms. The lowest BCUT2D eigenvalue weighted by molar-refractivity contribution is 0.143. The molecule has 3 rings (SSSR count). The molecule has 0 bridgehead atoms. The number of carbonyl (C=O) groups is 1. The number of amides is 2. The fourth-order valence-electron chi connectivity index (χ4n) is 3.24. The van der Waals surface area contributed by atoms with E-state index in [9.17, 15) is 4.79 Å². The smallest absolute Gasteiger partial charge is 0.322 e. The zero-order valence-electron chi connectivity index (χ0n) is 16.2. The molecule has 0 aliphatic carbocycles. The van der Waals surface area contributed by atoms with Gasteiger partial charge in [0.1, 0.15) is 11.5 Å². The van der Waals surface area contributed by atoms with Crippen molar-refractivity contribution in [3.63, 3.8) is 0 Å². The minimum absolute atomic E-state index is 0.114. The third kappa shape index (κ3) is 4.71. The monoisotopic (exact) mass is 369 g/mol. The lowest BCUT2D eigenvalue weighted by atomic mass is 10.1. The number of piperazine rings is 1. The topological polar surface area (TPSA) is 54.0 Å². The lowest BCUT2D eigenvalue weighted by Gasteiger charge is -2.35. The van der Waals surface area contributed by atoms with E-state index in [1.54, 1.807) is 32.4 Å². The van der Waals surface area contributed by atoms with Crippen molar-refractivity contribution in [2.75, 3.05) is 45.7 Å². The van der Waals surface area contributed by atoms with Gasteiger partial charge in [0.15, 0.2) is 0 Å². The number of hydrogen-bond acceptors (Lipinski definition) is 4. The van der Waals surface area contributed by atoms with Crippen LogP contribution in [0, 0.1) is 6.92 Å². The Morgan fingerprint density at radius 2 is 1.78 bits per heavy atom. The second-order valence-corrected chi connectivity index (χ2v) is 6.69. The van der Waals surface area contributed by atoms with Crippen molar-refractivity contribution in [2.24, 2.45) is 0 Å². The molecule has 2 aromatic carbocycles. The number of nitrogens with zero attached hydrogens (tertiary/aromatic N) is 2. The molecule has 0 atom stereocenters. The van der Waals surface area contributed by atoms with Crippen LogP contribution in [0.4, 0.5) is 10.5 Å². The van der Waals surface area contributed by atoms with Crippen LogP contribution >= 0.6 is 0 Å². The van der Waals surface area contributed by atoms with Gasteiger partial charge in [0.2, 0.25) is 0 Å². The molecule has 6 heteroatoms. The summed E-state index contributed by atoms with van der Waals surface area (Å²) in [5.41, 5.74) is 3.27. The number of carbonyl (C=O) groups excluding carboxylic acids is 1. The maximum atomic E-state index is 12.7. The molecule has 0 aromatic heterocycles. The maximum Gasteiger partial charge on any atom is 0.322 e. The largest absolute Gasteiger partial charge is 0.497 e. The number of ether oxygens (including phenoxy) is 2.